The molecule has 3 heterocycles. The van der Waals surface area contributed by atoms with Gasteiger partial charge in [0.25, 0.3) is 5.91 Å². The molecule has 2 aromatic heterocycles. The number of aromatic nitrogens is 2. The topological polar surface area (TPSA) is 84.4 Å². The highest BCUT2D eigenvalue weighted by molar-refractivity contribution is 6.29. The smallest absolute Gasteiger partial charge is 0.433 e. The summed E-state index contributed by atoms with van der Waals surface area (Å²) in [5.74, 6) is -0.935. The number of piperidine rings is 1. The first-order valence-corrected chi connectivity index (χ1v) is 10.7. The van der Waals surface area contributed by atoms with Crippen LogP contribution in [0.4, 0.5) is 23.7 Å². The zero-order chi connectivity index (χ0) is 24.4. The van der Waals surface area contributed by atoms with E-state index >= 15 is 0 Å². The Morgan fingerprint density at radius 3 is 2.39 bits per heavy atom. The standard InChI is InChI=1S/C22H24ClF3N4O3/c1-21(2,3)33-20(32)30-10-7-13(8-11-30)18-15(4-5-16(29-18)22(24,25)26)28-19(31)14-6-9-27-17(23)12-14/h4-6,9,12-13H,7-8,10-11H2,1-3H3,(H,28,31). The van der Waals surface area contributed by atoms with Crippen LogP contribution in [0, 0.1) is 0 Å². The van der Waals surface area contributed by atoms with E-state index in [1.165, 1.54) is 29.3 Å². The molecule has 0 aromatic carbocycles. The van der Waals surface area contributed by atoms with Crippen LogP contribution in [0.2, 0.25) is 5.15 Å². The number of carbonyl (C=O) groups excluding carboxylic acids is 2. The number of pyridine rings is 2. The zero-order valence-corrected chi connectivity index (χ0v) is 19.1. The summed E-state index contributed by atoms with van der Waals surface area (Å²) >= 11 is 5.82. The lowest BCUT2D eigenvalue weighted by Gasteiger charge is -2.33. The van der Waals surface area contributed by atoms with Crippen molar-refractivity contribution in [1.82, 2.24) is 14.9 Å². The van der Waals surface area contributed by atoms with Crippen LogP contribution in [-0.4, -0.2) is 45.6 Å². The maximum Gasteiger partial charge on any atom is 0.433 e. The summed E-state index contributed by atoms with van der Waals surface area (Å²) in [6, 6.07) is 4.83. The Hall–Kier alpha value is -2.88. The molecule has 1 aliphatic heterocycles. The van der Waals surface area contributed by atoms with Crippen molar-refractivity contribution in [2.75, 3.05) is 18.4 Å². The number of nitrogens with zero attached hydrogens (tertiary/aromatic N) is 3. The molecule has 2 amide bonds. The molecule has 0 radical (unpaired) electrons. The summed E-state index contributed by atoms with van der Waals surface area (Å²) < 4.78 is 45.3. The van der Waals surface area contributed by atoms with Crippen molar-refractivity contribution in [3.05, 3.63) is 52.6 Å². The molecule has 7 nitrogen and oxygen atoms in total. The Balaban J connectivity index is 1.82. The minimum atomic E-state index is -4.63. The average molecular weight is 485 g/mol. The second kappa shape index (κ2) is 9.54. The lowest BCUT2D eigenvalue weighted by molar-refractivity contribution is -0.141. The number of nitrogens with one attached hydrogen (secondary N) is 1. The van der Waals surface area contributed by atoms with E-state index in [0.29, 0.717) is 25.9 Å². The highest BCUT2D eigenvalue weighted by atomic mass is 35.5. The Labute approximate surface area is 194 Å². The van der Waals surface area contributed by atoms with E-state index in [1.807, 2.05) is 0 Å². The summed E-state index contributed by atoms with van der Waals surface area (Å²) in [7, 11) is 0. The fourth-order valence-corrected chi connectivity index (χ4v) is 3.62. The van der Waals surface area contributed by atoms with Gasteiger partial charge in [-0.1, -0.05) is 11.6 Å². The van der Waals surface area contributed by atoms with Gasteiger partial charge in [-0.05, 0) is 57.9 Å². The number of ether oxygens (including phenoxy) is 1. The maximum absolute atomic E-state index is 13.3. The maximum atomic E-state index is 13.3. The van der Waals surface area contributed by atoms with E-state index in [4.69, 9.17) is 16.3 Å². The molecule has 178 valence electrons. The minimum absolute atomic E-state index is 0.114. The van der Waals surface area contributed by atoms with E-state index in [2.05, 4.69) is 15.3 Å². The SMILES string of the molecule is CC(C)(C)OC(=O)N1CCC(c2nc(C(F)(F)F)ccc2NC(=O)c2ccnc(Cl)c2)CC1. The molecular formula is C22H24ClF3N4O3. The second-order valence-corrected chi connectivity index (χ2v) is 9.08. The molecule has 11 heteroatoms. The van der Waals surface area contributed by atoms with Crippen molar-refractivity contribution in [2.45, 2.75) is 51.3 Å². The van der Waals surface area contributed by atoms with Gasteiger partial charge in [0.1, 0.15) is 16.4 Å². The number of amides is 2. The predicted molar refractivity (Wildman–Crippen MR) is 116 cm³/mol. The van der Waals surface area contributed by atoms with Gasteiger partial charge >= 0.3 is 12.3 Å². The zero-order valence-electron chi connectivity index (χ0n) is 18.4. The third-order valence-electron chi connectivity index (χ3n) is 4.99. The molecule has 3 rings (SSSR count). The average Bonchev–Trinajstić information content (AvgIpc) is 2.72. The van der Waals surface area contributed by atoms with Crippen LogP contribution in [0.3, 0.4) is 0 Å². The first-order valence-electron chi connectivity index (χ1n) is 10.3. The molecule has 0 saturated carbocycles. The Morgan fingerprint density at radius 1 is 1.15 bits per heavy atom. The van der Waals surface area contributed by atoms with Gasteiger partial charge in [-0.2, -0.15) is 13.2 Å². The molecule has 2 aromatic rings. The molecule has 0 unspecified atom stereocenters. The summed E-state index contributed by atoms with van der Waals surface area (Å²) in [6.07, 6.45) is -3.00. The number of anilines is 1. The van der Waals surface area contributed by atoms with Crippen LogP contribution in [0.15, 0.2) is 30.5 Å². The Morgan fingerprint density at radius 2 is 1.82 bits per heavy atom. The number of rotatable bonds is 3. The van der Waals surface area contributed by atoms with Crippen molar-refractivity contribution in [2.24, 2.45) is 0 Å². The second-order valence-electron chi connectivity index (χ2n) is 8.69. The van der Waals surface area contributed by atoms with Gasteiger partial charge in [-0.3, -0.25) is 4.79 Å². The third-order valence-corrected chi connectivity index (χ3v) is 5.19. The quantitative estimate of drug-likeness (QED) is 0.580. The first-order chi connectivity index (χ1) is 15.3. The van der Waals surface area contributed by atoms with E-state index in [0.717, 1.165) is 6.07 Å². The van der Waals surface area contributed by atoms with Crippen molar-refractivity contribution >= 4 is 29.3 Å². The monoisotopic (exact) mass is 484 g/mol. The van der Waals surface area contributed by atoms with Crippen LogP contribution in [0.5, 0.6) is 0 Å². The fraction of sp³-hybridized carbons (Fsp3) is 0.455. The number of hydrogen-bond acceptors (Lipinski definition) is 5. The lowest BCUT2D eigenvalue weighted by Crippen LogP contribution is -2.41. The number of alkyl halides is 3. The molecular weight excluding hydrogens is 461 g/mol. The number of hydrogen-bond donors (Lipinski definition) is 1. The molecule has 0 bridgehead atoms. The fourth-order valence-electron chi connectivity index (χ4n) is 3.45. The number of likely N-dealkylation sites (tertiary alicyclic amines) is 1. The van der Waals surface area contributed by atoms with Gasteiger partial charge in [0, 0.05) is 30.8 Å². The Bertz CT molecular complexity index is 1030. The van der Waals surface area contributed by atoms with Gasteiger partial charge in [0.15, 0.2) is 0 Å². The van der Waals surface area contributed by atoms with Crippen LogP contribution >= 0.6 is 11.6 Å². The van der Waals surface area contributed by atoms with Gasteiger partial charge in [-0.25, -0.2) is 14.8 Å². The largest absolute Gasteiger partial charge is 0.444 e. The number of halogens is 4. The highest BCUT2D eigenvalue weighted by Crippen LogP contribution is 2.36. The summed E-state index contributed by atoms with van der Waals surface area (Å²) in [4.78, 5) is 34.1. The van der Waals surface area contributed by atoms with Crippen molar-refractivity contribution in [1.29, 1.82) is 0 Å². The summed E-state index contributed by atoms with van der Waals surface area (Å²) in [5, 5.41) is 2.75. The van der Waals surface area contributed by atoms with Gasteiger partial charge < -0.3 is 15.0 Å². The third kappa shape index (κ3) is 6.56. The van der Waals surface area contributed by atoms with Crippen LogP contribution in [0.25, 0.3) is 0 Å². The van der Waals surface area contributed by atoms with Crippen LogP contribution in [0.1, 0.15) is 61.3 Å². The molecule has 1 fully saturated rings. The molecule has 1 N–H and O–H groups in total. The summed E-state index contributed by atoms with van der Waals surface area (Å²) in [6.45, 7) is 5.87. The van der Waals surface area contributed by atoms with E-state index in [9.17, 15) is 22.8 Å². The molecule has 1 saturated heterocycles. The van der Waals surface area contributed by atoms with Crippen molar-refractivity contribution < 1.29 is 27.5 Å². The highest BCUT2D eigenvalue weighted by Gasteiger charge is 2.35. The Kier molecular flexibility index (Phi) is 7.16. The summed E-state index contributed by atoms with van der Waals surface area (Å²) in [5.41, 5.74) is -1.18. The van der Waals surface area contributed by atoms with Gasteiger partial charge in [0.2, 0.25) is 0 Å². The minimum Gasteiger partial charge on any atom is -0.444 e. The molecule has 33 heavy (non-hydrogen) atoms. The van der Waals surface area contributed by atoms with Crippen LogP contribution < -0.4 is 5.32 Å². The molecule has 1 aliphatic rings. The molecule has 0 aliphatic carbocycles. The normalized spacial score (nSPS) is 15.3. The van der Waals surface area contributed by atoms with E-state index in [1.54, 1.807) is 20.8 Å². The lowest BCUT2D eigenvalue weighted by atomic mass is 9.91. The van der Waals surface area contributed by atoms with E-state index < -0.39 is 29.5 Å². The van der Waals surface area contributed by atoms with Gasteiger partial charge in [0.05, 0.1) is 11.4 Å². The number of carbonyl (C=O) groups is 2. The van der Waals surface area contributed by atoms with Crippen molar-refractivity contribution in [3.63, 3.8) is 0 Å². The van der Waals surface area contributed by atoms with Gasteiger partial charge in [-0.15, -0.1) is 0 Å². The van der Waals surface area contributed by atoms with Crippen molar-refractivity contribution in [3.8, 4) is 0 Å². The van der Waals surface area contributed by atoms with Crippen LogP contribution in [-0.2, 0) is 10.9 Å². The molecule has 0 spiro atoms. The predicted octanol–water partition coefficient (Wildman–Crippen LogP) is 5.52. The first kappa shape index (κ1) is 24.8. The van der Waals surface area contributed by atoms with E-state index in [-0.39, 0.29) is 28.0 Å². The molecule has 0 atom stereocenters.